The SMILES string of the molecule is CC1(C)CCC(N)(Cc2cccc(F)c2Cl)CC1. The van der Waals surface area contributed by atoms with E-state index in [1.54, 1.807) is 6.07 Å². The Labute approximate surface area is 114 Å². The molecule has 1 aliphatic rings. The number of hydrogen-bond donors (Lipinski definition) is 1. The average Bonchev–Trinajstić information content (AvgIpc) is 2.30. The largest absolute Gasteiger partial charge is 0.325 e. The van der Waals surface area contributed by atoms with E-state index in [2.05, 4.69) is 13.8 Å². The smallest absolute Gasteiger partial charge is 0.142 e. The molecule has 0 unspecified atom stereocenters. The summed E-state index contributed by atoms with van der Waals surface area (Å²) in [5.74, 6) is -0.353. The molecule has 0 aromatic heterocycles. The molecular formula is C15H21ClFN. The maximum absolute atomic E-state index is 13.4. The third-order valence-corrected chi connectivity index (χ3v) is 4.60. The summed E-state index contributed by atoms with van der Waals surface area (Å²) in [6.45, 7) is 4.56. The van der Waals surface area contributed by atoms with Crippen LogP contribution < -0.4 is 5.73 Å². The second-order valence-corrected chi connectivity index (χ2v) is 6.79. The molecule has 1 fully saturated rings. The highest BCUT2D eigenvalue weighted by atomic mass is 35.5. The molecule has 100 valence electrons. The molecule has 0 spiro atoms. The lowest BCUT2D eigenvalue weighted by atomic mass is 9.68. The van der Waals surface area contributed by atoms with Gasteiger partial charge < -0.3 is 5.73 Å². The van der Waals surface area contributed by atoms with Crippen molar-refractivity contribution < 1.29 is 4.39 Å². The average molecular weight is 270 g/mol. The number of halogens is 2. The predicted octanol–water partition coefficient (Wildman–Crippen LogP) is 4.32. The Kier molecular flexibility index (Phi) is 3.70. The van der Waals surface area contributed by atoms with Gasteiger partial charge in [0.05, 0.1) is 5.02 Å². The fourth-order valence-electron chi connectivity index (χ4n) is 2.67. The maximum Gasteiger partial charge on any atom is 0.142 e. The fourth-order valence-corrected chi connectivity index (χ4v) is 2.86. The molecule has 1 aliphatic carbocycles. The van der Waals surface area contributed by atoms with Crippen molar-refractivity contribution in [2.75, 3.05) is 0 Å². The quantitative estimate of drug-likeness (QED) is 0.850. The van der Waals surface area contributed by atoms with Gasteiger partial charge in [0, 0.05) is 5.54 Å². The van der Waals surface area contributed by atoms with Crippen molar-refractivity contribution in [3.8, 4) is 0 Å². The summed E-state index contributed by atoms with van der Waals surface area (Å²) in [4.78, 5) is 0. The van der Waals surface area contributed by atoms with Crippen molar-refractivity contribution in [3.63, 3.8) is 0 Å². The number of hydrogen-bond acceptors (Lipinski definition) is 1. The van der Waals surface area contributed by atoms with Crippen LogP contribution in [0.25, 0.3) is 0 Å². The van der Waals surface area contributed by atoms with Crippen molar-refractivity contribution in [1.29, 1.82) is 0 Å². The van der Waals surface area contributed by atoms with Gasteiger partial charge in [-0.3, -0.25) is 0 Å². The van der Waals surface area contributed by atoms with Crippen molar-refractivity contribution >= 4 is 11.6 Å². The van der Waals surface area contributed by atoms with Gasteiger partial charge in [0.1, 0.15) is 5.82 Å². The second-order valence-electron chi connectivity index (χ2n) is 6.42. The van der Waals surface area contributed by atoms with E-state index in [0.717, 1.165) is 31.2 Å². The van der Waals surface area contributed by atoms with Gasteiger partial charge in [-0.15, -0.1) is 0 Å². The second kappa shape index (κ2) is 4.82. The van der Waals surface area contributed by atoms with Gasteiger partial charge in [-0.25, -0.2) is 4.39 Å². The molecule has 0 bridgehead atoms. The van der Waals surface area contributed by atoms with E-state index in [1.165, 1.54) is 6.07 Å². The predicted molar refractivity (Wildman–Crippen MR) is 74.3 cm³/mol. The van der Waals surface area contributed by atoms with Gasteiger partial charge in [0.2, 0.25) is 0 Å². The Morgan fingerprint density at radius 1 is 1.22 bits per heavy atom. The first kappa shape index (κ1) is 13.8. The third kappa shape index (κ3) is 3.04. The maximum atomic E-state index is 13.4. The van der Waals surface area contributed by atoms with Gasteiger partial charge in [0.25, 0.3) is 0 Å². The van der Waals surface area contributed by atoms with Gasteiger partial charge >= 0.3 is 0 Å². The minimum absolute atomic E-state index is 0.229. The Morgan fingerprint density at radius 2 is 1.83 bits per heavy atom. The Bertz CT molecular complexity index is 432. The van der Waals surface area contributed by atoms with E-state index in [9.17, 15) is 4.39 Å². The normalized spacial score (nSPS) is 21.8. The first-order valence-electron chi connectivity index (χ1n) is 6.53. The highest BCUT2D eigenvalue weighted by Crippen LogP contribution is 2.41. The van der Waals surface area contributed by atoms with Crippen molar-refractivity contribution in [2.24, 2.45) is 11.1 Å². The van der Waals surface area contributed by atoms with Crippen LogP contribution in [0.15, 0.2) is 18.2 Å². The zero-order chi connectivity index (χ0) is 13.4. The summed E-state index contributed by atoms with van der Waals surface area (Å²) in [6.07, 6.45) is 4.87. The fraction of sp³-hybridized carbons (Fsp3) is 0.600. The van der Waals surface area contributed by atoms with Crippen molar-refractivity contribution in [2.45, 2.75) is 51.5 Å². The van der Waals surface area contributed by atoms with Crippen LogP contribution in [-0.2, 0) is 6.42 Å². The van der Waals surface area contributed by atoms with Gasteiger partial charge in [-0.2, -0.15) is 0 Å². The van der Waals surface area contributed by atoms with Crippen molar-refractivity contribution in [3.05, 3.63) is 34.6 Å². The van der Waals surface area contributed by atoms with Crippen LogP contribution in [0, 0.1) is 11.2 Å². The number of nitrogens with two attached hydrogens (primary N) is 1. The summed E-state index contributed by atoms with van der Waals surface area (Å²) in [5, 5.41) is 0.229. The van der Waals surface area contributed by atoms with E-state index < -0.39 is 0 Å². The first-order valence-corrected chi connectivity index (χ1v) is 6.91. The standard InChI is InChI=1S/C15H21ClFN/c1-14(2)6-8-15(18,9-7-14)10-11-4-3-5-12(17)13(11)16/h3-5H,6-10,18H2,1-2H3. The third-order valence-electron chi connectivity index (χ3n) is 4.17. The highest BCUT2D eigenvalue weighted by Gasteiger charge is 2.35. The first-order chi connectivity index (χ1) is 8.31. The van der Waals surface area contributed by atoms with E-state index >= 15 is 0 Å². The molecule has 1 saturated carbocycles. The summed E-state index contributed by atoms with van der Waals surface area (Å²) in [7, 11) is 0. The zero-order valence-corrected chi connectivity index (χ0v) is 11.9. The van der Waals surface area contributed by atoms with Gasteiger partial charge in [-0.1, -0.05) is 37.6 Å². The Hall–Kier alpha value is -0.600. The minimum Gasteiger partial charge on any atom is -0.325 e. The van der Waals surface area contributed by atoms with E-state index in [4.69, 9.17) is 17.3 Å². The lowest BCUT2D eigenvalue weighted by Gasteiger charge is -2.41. The Balaban J connectivity index is 2.12. The molecule has 1 nitrogen and oxygen atoms in total. The molecule has 2 N–H and O–H groups in total. The molecule has 3 heteroatoms. The highest BCUT2D eigenvalue weighted by molar-refractivity contribution is 6.31. The van der Waals surface area contributed by atoms with E-state index in [1.807, 2.05) is 6.07 Å². The van der Waals surface area contributed by atoms with Crippen LogP contribution in [0.4, 0.5) is 4.39 Å². The Morgan fingerprint density at radius 3 is 2.44 bits per heavy atom. The van der Waals surface area contributed by atoms with Crippen LogP contribution in [0.2, 0.25) is 5.02 Å². The van der Waals surface area contributed by atoms with Crippen LogP contribution in [-0.4, -0.2) is 5.54 Å². The molecule has 0 saturated heterocycles. The molecular weight excluding hydrogens is 249 g/mol. The lowest BCUT2D eigenvalue weighted by Crippen LogP contribution is -2.46. The van der Waals surface area contributed by atoms with Crippen LogP contribution in [0.1, 0.15) is 45.1 Å². The zero-order valence-electron chi connectivity index (χ0n) is 11.1. The molecule has 1 aromatic rings. The number of rotatable bonds is 2. The van der Waals surface area contributed by atoms with Gasteiger partial charge in [0.15, 0.2) is 0 Å². The molecule has 0 radical (unpaired) electrons. The van der Waals surface area contributed by atoms with E-state index in [-0.39, 0.29) is 16.4 Å². The summed E-state index contributed by atoms with van der Waals surface area (Å²) < 4.78 is 13.4. The molecule has 0 aliphatic heterocycles. The van der Waals surface area contributed by atoms with Crippen LogP contribution in [0.5, 0.6) is 0 Å². The van der Waals surface area contributed by atoms with Crippen molar-refractivity contribution in [1.82, 2.24) is 0 Å². The minimum atomic E-state index is -0.353. The van der Waals surface area contributed by atoms with Crippen LogP contribution in [0.3, 0.4) is 0 Å². The topological polar surface area (TPSA) is 26.0 Å². The molecule has 0 atom stereocenters. The monoisotopic (exact) mass is 269 g/mol. The molecule has 18 heavy (non-hydrogen) atoms. The van der Waals surface area contributed by atoms with Gasteiger partial charge in [-0.05, 0) is 49.1 Å². The molecule has 0 heterocycles. The van der Waals surface area contributed by atoms with Crippen LogP contribution >= 0.6 is 11.6 Å². The molecule has 1 aromatic carbocycles. The summed E-state index contributed by atoms with van der Waals surface area (Å²) in [6, 6.07) is 4.96. The summed E-state index contributed by atoms with van der Waals surface area (Å²) >= 11 is 6.00. The van der Waals surface area contributed by atoms with E-state index in [0.29, 0.717) is 11.8 Å². The lowest BCUT2D eigenvalue weighted by molar-refractivity contribution is 0.164. The molecule has 2 rings (SSSR count). The molecule has 0 amide bonds. The summed E-state index contributed by atoms with van der Waals surface area (Å²) in [5.41, 5.74) is 7.44. The number of benzene rings is 1.